The van der Waals surface area contributed by atoms with E-state index < -0.39 is 0 Å². The van der Waals surface area contributed by atoms with Crippen molar-refractivity contribution >= 4 is 17.7 Å². The molecular weight excluding hydrogens is 338 g/mol. The molecule has 0 unspecified atom stereocenters. The third-order valence-electron chi connectivity index (χ3n) is 4.14. The van der Waals surface area contributed by atoms with Gasteiger partial charge in [0.1, 0.15) is 5.37 Å². The number of hydrogen-bond acceptors (Lipinski definition) is 5. The molecule has 6 heteroatoms. The summed E-state index contributed by atoms with van der Waals surface area (Å²) in [6, 6.07) is 13.8. The molecule has 0 spiro atoms. The number of hydrogen-bond donors (Lipinski definition) is 0. The van der Waals surface area contributed by atoms with Gasteiger partial charge in [-0.05, 0) is 23.3 Å². The molecule has 0 aromatic heterocycles. The molecule has 1 aliphatic heterocycles. The van der Waals surface area contributed by atoms with Gasteiger partial charge in [0.2, 0.25) is 11.7 Å². The minimum atomic E-state index is -0.0820. The number of thioether (sulfide) groups is 1. The molecule has 3 rings (SSSR count). The van der Waals surface area contributed by atoms with Crippen LogP contribution in [0.1, 0.15) is 16.5 Å². The summed E-state index contributed by atoms with van der Waals surface area (Å²) < 4.78 is 16.3. The summed E-state index contributed by atoms with van der Waals surface area (Å²) in [7, 11) is 4.76. The minimum absolute atomic E-state index is 0.0820. The average molecular weight is 359 g/mol. The van der Waals surface area contributed by atoms with Crippen LogP contribution in [0.15, 0.2) is 42.5 Å². The van der Waals surface area contributed by atoms with E-state index in [-0.39, 0.29) is 11.3 Å². The van der Waals surface area contributed by atoms with Crippen LogP contribution in [0.2, 0.25) is 0 Å². The Kier molecular flexibility index (Phi) is 5.38. The SMILES string of the molecule is COc1cc([C@@H]2SCC(=O)N2Cc2ccccc2)cc(OC)c1OC. The Labute approximate surface area is 151 Å². The smallest absolute Gasteiger partial charge is 0.234 e. The van der Waals surface area contributed by atoms with E-state index in [4.69, 9.17) is 14.2 Å². The van der Waals surface area contributed by atoms with E-state index in [0.717, 1.165) is 11.1 Å². The first-order chi connectivity index (χ1) is 12.2. The lowest BCUT2D eigenvalue weighted by molar-refractivity contribution is -0.128. The number of carbonyl (C=O) groups excluding carboxylic acids is 1. The van der Waals surface area contributed by atoms with Gasteiger partial charge < -0.3 is 19.1 Å². The first kappa shape index (κ1) is 17.5. The molecule has 0 bridgehead atoms. The van der Waals surface area contributed by atoms with Crippen LogP contribution in [0, 0.1) is 0 Å². The summed E-state index contributed by atoms with van der Waals surface area (Å²) in [5.41, 5.74) is 2.07. The topological polar surface area (TPSA) is 48.0 Å². The Balaban J connectivity index is 1.95. The Morgan fingerprint density at radius 2 is 1.68 bits per heavy atom. The fourth-order valence-electron chi connectivity index (χ4n) is 2.93. The molecule has 1 amide bonds. The van der Waals surface area contributed by atoms with E-state index in [1.165, 1.54) is 0 Å². The van der Waals surface area contributed by atoms with Crippen molar-refractivity contribution in [2.45, 2.75) is 11.9 Å². The number of ether oxygens (including phenoxy) is 3. The minimum Gasteiger partial charge on any atom is -0.493 e. The molecule has 0 N–H and O–H groups in total. The average Bonchev–Trinajstić information content (AvgIpc) is 3.01. The Hall–Kier alpha value is -2.34. The summed E-state index contributed by atoms with van der Waals surface area (Å²) in [6.45, 7) is 0.577. The lowest BCUT2D eigenvalue weighted by atomic mass is 10.1. The molecular formula is C19H21NO4S. The first-order valence-electron chi connectivity index (χ1n) is 7.92. The monoisotopic (exact) mass is 359 g/mol. The predicted octanol–water partition coefficient (Wildman–Crippen LogP) is 3.49. The lowest BCUT2D eigenvalue weighted by Crippen LogP contribution is -2.27. The van der Waals surface area contributed by atoms with E-state index in [1.807, 2.05) is 47.4 Å². The number of rotatable bonds is 6. The van der Waals surface area contributed by atoms with Gasteiger partial charge in [-0.2, -0.15) is 0 Å². The lowest BCUT2D eigenvalue weighted by Gasteiger charge is -2.25. The van der Waals surface area contributed by atoms with Crippen molar-refractivity contribution in [1.29, 1.82) is 0 Å². The molecule has 2 aromatic rings. The van der Waals surface area contributed by atoms with Gasteiger partial charge in [-0.25, -0.2) is 0 Å². The Morgan fingerprint density at radius 1 is 1.04 bits per heavy atom. The van der Waals surface area contributed by atoms with Gasteiger partial charge >= 0.3 is 0 Å². The fourth-order valence-corrected chi connectivity index (χ4v) is 4.09. The van der Waals surface area contributed by atoms with Gasteiger partial charge in [0.15, 0.2) is 11.5 Å². The van der Waals surface area contributed by atoms with Crippen molar-refractivity contribution in [2.75, 3.05) is 27.1 Å². The van der Waals surface area contributed by atoms with Crippen LogP contribution >= 0.6 is 11.8 Å². The number of nitrogens with zero attached hydrogens (tertiary/aromatic N) is 1. The van der Waals surface area contributed by atoms with Crippen LogP contribution in [-0.2, 0) is 11.3 Å². The van der Waals surface area contributed by atoms with Crippen LogP contribution in [0.3, 0.4) is 0 Å². The van der Waals surface area contributed by atoms with Crippen molar-refractivity contribution in [3.05, 3.63) is 53.6 Å². The molecule has 132 valence electrons. The van der Waals surface area contributed by atoms with Gasteiger partial charge in [0.25, 0.3) is 0 Å². The van der Waals surface area contributed by atoms with Crippen molar-refractivity contribution in [3.63, 3.8) is 0 Å². The maximum Gasteiger partial charge on any atom is 0.234 e. The van der Waals surface area contributed by atoms with Gasteiger partial charge in [0, 0.05) is 6.54 Å². The molecule has 1 saturated heterocycles. The highest BCUT2D eigenvalue weighted by Gasteiger charge is 2.34. The summed E-state index contributed by atoms with van der Waals surface area (Å²) in [4.78, 5) is 14.3. The van der Waals surface area contributed by atoms with Crippen LogP contribution in [0.4, 0.5) is 0 Å². The van der Waals surface area contributed by atoms with Gasteiger partial charge in [-0.15, -0.1) is 11.8 Å². The van der Waals surface area contributed by atoms with E-state index in [0.29, 0.717) is 29.5 Å². The molecule has 1 aliphatic rings. The van der Waals surface area contributed by atoms with Gasteiger partial charge in [-0.3, -0.25) is 4.79 Å². The summed E-state index contributed by atoms with van der Waals surface area (Å²) in [5.74, 6) is 2.34. The second kappa shape index (κ2) is 7.70. The van der Waals surface area contributed by atoms with Crippen molar-refractivity contribution in [3.8, 4) is 17.2 Å². The van der Waals surface area contributed by atoms with Gasteiger partial charge in [-0.1, -0.05) is 30.3 Å². The summed E-state index contributed by atoms with van der Waals surface area (Å²) in [6.07, 6.45) is 0. The maximum atomic E-state index is 12.4. The van der Waals surface area contributed by atoms with Crippen molar-refractivity contribution in [1.82, 2.24) is 4.90 Å². The number of methoxy groups -OCH3 is 3. The first-order valence-corrected chi connectivity index (χ1v) is 8.97. The van der Waals surface area contributed by atoms with Crippen LogP contribution in [-0.4, -0.2) is 37.9 Å². The highest BCUT2D eigenvalue weighted by atomic mass is 32.2. The second-order valence-corrected chi connectivity index (χ2v) is 6.70. The second-order valence-electron chi connectivity index (χ2n) is 5.63. The highest BCUT2D eigenvalue weighted by Crippen LogP contribution is 2.46. The third-order valence-corrected chi connectivity index (χ3v) is 5.39. The molecule has 1 fully saturated rings. The Bertz CT molecular complexity index is 725. The molecule has 25 heavy (non-hydrogen) atoms. The van der Waals surface area contributed by atoms with E-state index >= 15 is 0 Å². The van der Waals surface area contributed by atoms with E-state index in [1.54, 1.807) is 33.1 Å². The van der Waals surface area contributed by atoms with Crippen molar-refractivity contribution < 1.29 is 19.0 Å². The standard InChI is InChI=1S/C19H21NO4S/c1-22-15-9-14(10-16(23-2)18(15)24-3)19-20(17(21)12-25-19)11-13-7-5-4-6-8-13/h4-10,19H,11-12H2,1-3H3/t19-/m0/s1. The normalized spacial score (nSPS) is 16.8. The molecule has 2 aromatic carbocycles. The molecule has 1 atom stereocenters. The van der Waals surface area contributed by atoms with Crippen LogP contribution in [0.5, 0.6) is 17.2 Å². The van der Waals surface area contributed by atoms with E-state index in [9.17, 15) is 4.79 Å². The van der Waals surface area contributed by atoms with Gasteiger partial charge in [0.05, 0.1) is 27.1 Å². The van der Waals surface area contributed by atoms with Crippen LogP contribution < -0.4 is 14.2 Å². The largest absolute Gasteiger partial charge is 0.493 e. The van der Waals surface area contributed by atoms with Crippen LogP contribution in [0.25, 0.3) is 0 Å². The third kappa shape index (κ3) is 3.54. The molecule has 5 nitrogen and oxygen atoms in total. The molecule has 0 radical (unpaired) electrons. The molecule has 0 aliphatic carbocycles. The quantitative estimate of drug-likeness (QED) is 0.790. The summed E-state index contributed by atoms with van der Waals surface area (Å²) in [5, 5.41) is -0.0820. The van der Waals surface area contributed by atoms with Crippen molar-refractivity contribution in [2.24, 2.45) is 0 Å². The molecule has 0 saturated carbocycles. The number of carbonyl (C=O) groups is 1. The number of benzene rings is 2. The maximum absolute atomic E-state index is 12.4. The molecule has 1 heterocycles. The Morgan fingerprint density at radius 3 is 2.24 bits per heavy atom. The number of amides is 1. The highest BCUT2D eigenvalue weighted by molar-refractivity contribution is 8.00. The fraction of sp³-hybridized carbons (Fsp3) is 0.316. The zero-order valence-corrected chi connectivity index (χ0v) is 15.3. The zero-order valence-electron chi connectivity index (χ0n) is 14.5. The van der Waals surface area contributed by atoms with E-state index in [2.05, 4.69) is 0 Å². The zero-order chi connectivity index (χ0) is 17.8. The predicted molar refractivity (Wildman–Crippen MR) is 98.3 cm³/mol. The summed E-state index contributed by atoms with van der Waals surface area (Å²) >= 11 is 1.61.